The summed E-state index contributed by atoms with van der Waals surface area (Å²) in [6.07, 6.45) is 4.09. The molecule has 32 heavy (non-hydrogen) atoms. The molecular weight excluding hydrogens is 404 g/mol. The zero-order valence-electron chi connectivity index (χ0n) is 18.6. The fraction of sp³-hybridized carbons (Fsp3) is 0.360. The molecule has 2 heterocycles. The Bertz CT molecular complexity index is 1090. The van der Waals surface area contributed by atoms with Crippen LogP contribution in [0.1, 0.15) is 25.3 Å². The lowest BCUT2D eigenvalue weighted by Crippen LogP contribution is -2.52. The van der Waals surface area contributed by atoms with Gasteiger partial charge in [-0.3, -0.25) is 9.59 Å². The third kappa shape index (κ3) is 5.04. The molecular formula is C25H30N4O3. The van der Waals surface area contributed by atoms with Crippen molar-refractivity contribution in [2.45, 2.75) is 38.3 Å². The summed E-state index contributed by atoms with van der Waals surface area (Å²) >= 11 is 0. The highest BCUT2D eigenvalue weighted by Crippen LogP contribution is 2.23. The van der Waals surface area contributed by atoms with Gasteiger partial charge in [0.05, 0.1) is 7.11 Å². The van der Waals surface area contributed by atoms with E-state index in [1.54, 1.807) is 7.11 Å². The maximum Gasteiger partial charge on any atom is 0.245 e. The second kappa shape index (κ2) is 9.77. The van der Waals surface area contributed by atoms with Crippen LogP contribution in [0.4, 0.5) is 5.69 Å². The van der Waals surface area contributed by atoms with Crippen LogP contribution >= 0.6 is 0 Å². The molecule has 3 N–H and O–H groups in total. The minimum atomic E-state index is -0.574. The number of carbonyl (C=O) groups is 2. The number of amides is 2. The molecule has 7 nitrogen and oxygen atoms in total. The molecule has 7 heteroatoms. The van der Waals surface area contributed by atoms with Crippen molar-refractivity contribution in [3.63, 3.8) is 0 Å². The van der Waals surface area contributed by atoms with Crippen molar-refractivity contribution >= 4 is 28.4 Å². The van der Waals surface area contributed by atoms with Gasteiger partial charge in [0, 0.05) is 61.3 Å². The Morgan fingerprint density at radius 1 is 1.16 bits per heavy atom. The van der Waals surface area contributed by atoms with Gasteiger partial charge in [-0.05, 0) is 36.6 Å². The van der Waals surface area contributed by atoms with E-state index in [-0.39, 0.29) is 11.8 Å². The summed E-state index contributed by atoms with van der Waals surface area (Å²) < 4.78 is 5.29. The third-order valence-corrected chi connectivity index (χ3v) is 6.02. The fourth-order valence-corrected chi connectivity index (χ4v) is 4.38. The Morgan fingerprint density at radius 2 is 1.94 bits per heavy atom. The Hall–Kier alpha value is -3.48. The van der Waals surface area contributed by atoms with Crippen LogP contribution in [0.15, 0.2) is 54.7 Å². The molecule has 1 atom stereocenters. The molecule has 0 radical (unpaired) electrons. The number of hydrogen-bond acceptors (Lipinski definition) is 4. The van der Waals surface area contributed by atoms with Gasteiger partial charge >= 0.3 is 0 Å². The monoisotopic (exact) mass is 434 g/mol. The van der Waals surface area contributed by atoms with Crippen molar-refractivity contribution in [3.05, 3.63) is 60.3 Å². The van der Waals surface area contributed by atoms with E-state index >= 15 is 0 Å². The smallest absolute Gasteiger partial charge is 0.245 e. The number of anilines is 1. The summed E-state index contributed by atoms with van der Waals surface area (Å²) in [6, 6.07) is 15.6. The van der Waals surface area contributed by atoms with Gasteiger partial charge < -0.3 is 25.3 Å². The number of aromatic amines is 1. The number of ether oxygens (including phenoxy) is 1. The molecule has 1 aromatic heterocycles. The van der Waals surface area contributed by atoms with Crippen LogP contribution < -0.4 is 15.4 Å². The first-order valence-corrected chi connectivity index (χ1v) is 11.0. The highest BCUT2D eigenvalue weighted by molar-refractivity contribution is 5.89. The normalized spacial score (nSPS) is 15.4. The van der Waals surface area contributed by atoms with Gasteiger partial charge in [0.2, 0.25) is 11.8 Å². The van der Waals surface area contributed by atoms with Crippen molar-refractivity contribution in [2.75, 3.05) is 25.5 Å². The average Bonchev–Trinajstić information content (AvgIpc) is 3.21. The van der Waals surface area contributed by atoms with Crippen LogP contribution in [-0.2, 0) is 16.0 Å². The van der Waals surface area contributed by atoms with E-state index in [1.807, 2.05) is 59.6 Å². The van der Waals surface area contributed by atoms with Crippen molar-refractivity contribution in [1.29, 1.82) is 0 Å². The van der Waals surface area contributed by atoms with Crippen molar-refractivity contribution < 1.29 is 14.3 Å². The Balaban J connectivity index is 1.39. The summed E-state index contributed by atoms with van der Waals surface area (Å²) in [5.74, 6) is 0.598. The van der Waals surface area contributed by atoms with Crippen molar-refractivity contribution in [2.24, 2.45) is 0 Å². The van der Waals surface area contributed by atoms with Crippen LogP contribution in [-0.4, -0.2) is 54.0 Å². The average molecular weight is 435 g/mol. The second-order valence-electron chi connectivity index (χ2n) is 8.29. The zero-order chi connectivity index (χ0) is 22.5. The van der Waals surface area contributed by atoms with Gasteiger partial charge in [0.15, 0.2) is 0 Å². The minimum absolute atomic E-state index is 0.0229. The third-order valence-electron chi connectivity index (χ3n) is 6.02. The van der Waals surface area contributed by atoms with Crippen LogP contribution in [0.3, 0.4) is 0 Å². The van der Waals surface area contributed by atoms with E-state index in [9.17, 15) is 9.59 Å². The maximum absolute atomic E-state index is 13.3. The Kier molecular flexibility index (Phi) is 6.63. The fourth-order valence-electron chi connectivity index (χ4n) is 4.38. The maximum atomic E-state index is 13.3. The number of piperidine rings is 1. The molecule has 1 unspecified atom stereocenters. The van der Waals surface area contributed by atoms with Gasteiger partial charge in [-0.2, -0.15) is 0 Å². The van der Waals surface area contributed by atoms with E-state index in [2.05, 4.69) is 15.6 Å². The molecule has 2 aromatic carbocycles. The number of benzene rings is 2. The first kappa shape index (κ1) is 21.7. The number of nitrogens with one attached hydrogen (secondary N) is 3. The quantitative estimate of drug-likeness (QED) is 0.532. The Morgan fingerprint density at radius 3 is 2.69 bits per heavy atom. The summed E-state index contributed by atoms with van der Waals surface area (Å²) in [6.45, 7) is 2.77. The number of hydrogen-bond donors (Lipinski definition) is 3. The molecule has 168 valence electrons. The van der Waals surface area contributed by atoms with Crippen LogP contribution in [0, 0.1) is 0 Å². The summed E-state index contributed by atoms with van der Waals surface area (Å²) in [5.41, 5.74) is 3.08. The number of fused-ring (bicyclic) bond motifs is 1. The summed E-state index contributed by atoms with van der Waals surface area (Å²) in [4.78, 5) is 30.3. The molecule has 1 fully saturated rings. The van der Waals surface area contributed by atoms with Crippen molar-refractivity contribution in [3.8, 4) is 5.75 Å². The molecule has 0 bridgehead atoms. The van der Waals surface area contributed by atoms with E-state index in [1.165, 1.54) is 6.92 Å². The molecule has 1 saturated heterocycles. The topological polar surface area (TPSA) is 86.5 Å². The SMILES string of the molecule is COc1cccc(NC2CCN(C(=O)C(Cc3c[nH]c4ccccc34)NC(C)=O)CC2)c1. The van der Waals surface area contributed by atoms with Gasteiger partial charge in [0.1, 0.15) is 11.8 Å². The van der Waals surface area contributed by atoms with Crippen molar-refractivity contribution in [1.82, 2.24) is 15.2 Å². The number of aromatic nitrogens is 1. The van der Waals surface area contributed by atoms with Crippen LogP contribution in [0.2, 0.25) is 0 Å². The highest BCUT2D eigenvalue weighted by atomic mass is 16.5. The highest BCUT2D eigenvalue weighted by Gasteiger charge is 2.29. The number of para-hydroxylation sites is 1. The molecule has 0 saturated carbocycles. The first-order valence-electron chi connectivity index (χ1n) is 11.0. The largest absolute Gasteiger partial charge is 0.497 e. The predicted molar refractivity (Wildman–Crippen MR) is 126 cm³/mol. The molecule has 0 aliphatic carbocycles. The second-order valence-corrected chi connectivity index (χ2v) is 8.29. The van der Waals surface area contributed by atoms with Crippen LogP contribution in [0.5, 0.6) is 5.75 Å². The Labute approximate surface area is 188 Å². The van der Waals surface area contributed by atoms with Gasteiger partial charge in [0.25, 0.3) is 0 Å². The summed E-state index contributed by atoms with van der Waals surface area (Å²) in [5, 5.41) is 7.49. The predicted octanol–water partition coefficient (Wildman–Crippen LogP) is 3.33. The molecule has 2 amide bonds. The van der Waals surface area contributed by atoms with E-state index < -0.39 is 6.04 Å². The van der Waals surface area contributed by atoms with Gasteiger partial charge in [-0.1, -0.05) is 24.3 Å². The molecule has 3 aromatic rings. The molecule has 1 aliphatic heterocycles. The number of nitrogens with zero attached hydrogens (tertiary/aromatic N) is 1. The number of carbonyl (C=O) groups excluding carboxylic acids is 2. The van der Waals surface area contributed by atoms with Gasteiger partial charge in [-0.15, -0.1) is 0 Å². The number of rotatable bonds is 7. The van der Waals surface area contributed by atoms with E-state index in [0.29, 0.717) is 25.6 Å². The van der Waals surface area contributed by atoms with E-state index in [0.717, 1.165) is 40.7 Å². The van der Waals surface area contributed by atoms with Crippen LogP contribution in [0.25, 0.3) is 10.9 Å². The minimum Gasteiger partial charge on any atom is -0.497 e. The van der Waals surface area contributed by atoms with Gasteiger partial charge in [-0.25, -0.2) is 0 Å². The molecule has 4 rings (SSSR count). The number of H-pyrrole nitrogens is 1. The summed E-state index contributed by atoms with van der Waals surface area (Å²) in [7, 11) is 1.66. The number of methoxy groups -OCH3 is 1. The molecule has 1 aliphatic rings. The number of likely N-dealkylation sites (tertiary alicyclic amines) is 1. The lowest BCUT2D eigenvalue weighted by Gasteiger charge is -2.35. The van der Waals surface area contributed by atoms with E-state index in [4.69, 9.17) is 4.74 Å². The first-order chi connectivity index (χ1) is 15.5. The standard InChI is InChI=1S/C25H30N4O3/c1-17(30)27-24(14-18-16-26-23-9-4-3-8-22(18)23)25(31)29-12-10-19(11-13-29)28-20-6-5-7-21(15-20)32-2/h3-9,15-16,19,24,26,28H,10-14H2,1-2H3,(H,27,30). The molecule has 0 spiro atoms. The lowest BCUT2D eigenvalue weighted by atomic mass is 10.0. The zero-order valence-corrected chi connectivity index (χ0v) is 18.6. The lowest BCUT2D eigenvalue weighted by molar-refractivity contribution is -0.136.